The topological polar surface area (TPSA) is 55.2 Å². The van der Waals surface area contributed by atoms with Crippen LogP contribution in [0.1, 0.15) is 45.6 Å². The molecule has 1 aliphatic rings. The highest BCUT2D eigenvalue weighted by Gasteiger charge is 2.30. The van der Waals surface area contributed by atoms with Gasteiger partial charge in [0.1, 0.15) is 10.6 Å². The Labute approximate surface area is 142 Å². The van der Waals surface area contributed by atoms with Gasteiger partial charge in [0.25, 0.3) is 0 Å². The van der Waals surface area contributed by atoms with Gasteiger partial charge >= 0.3 is 0 Å². The molecule has 23 heavy (non-hydrogen) atoms. The Morgan fingerprint density at radius 1 is 1.30 bits per heavy atom. The first-order valence-corrected chi connectivity index (χ1v) is 10.5. The van der Waals surface area contributed by atoms with Gasteiger partial charge in [-0.15, -0.1) is 11.3 Å². The lowest BCUT2D eigenvalue weighted by Crippen LogP contribution is -2.30. The molecule has 3 rings (SSSR count). The maximum absolute atomic E-state index is 13.0. The number of sulfonamides is 1. The lowest BCUT2D eigenvalue weighted by molar-refractivity contribution is 0.444. The van der Waals surface area contributed by atoms with Gasteiger partial charge in [0.15, 0.2) is 0 Å². The highest BCUT2D eigenvalue weighted by Crippen LogP contribution is 2.35. The molecular weight excluding hydrogens is 330 g/mol. The molecule has 2 heterocycles. The van der Waals surface area contributed by atoms with E-state index in [1.807, 2.05) is 36.0 Å². The smallest absolute Gasteiger partial charge is 0.246 e. The van der Waals surface area contributed by atoms with Crippen molar-refractivity contribution in [2.24, 2.45) is 0 Å². The summed E-state index contributed by atoms with van der Waals surface area (Å²) in [5.74, 6) is 0. The van der Waals surface area contributed by atoms with Crippen LogP contribution in [-0.4, -0.2) is 35.6 Å². The summed E-state index contributed by atoms with van der Waals surface area (Å²) in [5.41, 5.74) is 0.596. The minimum atomic E-state index is -3.51. The molecule has 1 aliphatic carbocycles. The zero-order valence-corrected chi connectivity index (χ0v) is 15.2. The van der Waals surface area contributed by atoms with Crippen molar-refractivity contribution < 1.29 is 8.42 Å². The van der Waals surface area contributed by atoms with Crippen molar-refractivity contribution in [1.29, 1.82) is 0 Å². The van der Waals surface area contributed by atoms with Crippen LogP contribution in [0.2, 0.25) is 0 Å². The third kappa shape index (κ3) is 3.09. The summed E-state index contributed by atoms with van der Waals surface area (Å²) in [6, 6.07) is 4.20. The van der Waals surface area contributed by atoms with Crippen molar-refractivity contribution in [3.05, 3.63) is 23.7 Å². The highest BCUT2D eigenvalue weighted by molar-refractivity contribution is 7.89. The summed E-state index contributed by atoms with van der Waals surface area (Å²) in [5, 5.41) is 6.63. The number of aromatic nitrogens is 2. The molecule has 0 amide bonds. The van der Waals surface area contributed by atoms with Crippen molar-refractivity contribution in [2.45, 2.75) is 50.5 Å². The average molecular weight is 354 g/mol. The first-order valence-electron chi connectivity index (χ1n) is 8.21. The van der Waals surface area contributed by atoms with Crippen LogP contribution < -0.4 is 0 Å². The quantitative estimate of drug-likeness (QED) is 0.794. The summed E-state index contributed by atoms with van der Waals surface area (Å²) in [6.07, 6.45) is 6.29. The van der Waals surface area contributed by atoms with Gasteiger partial charge < -0.3 is 0 Å². The van der Waals surface area contributed by atoms with E-state index < -0.39 is 10.0 Å². The highest BCUT2D eigenvalue weighted by atomic mass is 32.2. The maximum Gasteiger partial charge on any atom is 0.246 e. The fourth-order valence-corrected chi connectivity index (χ4v) is 5.59. The number of thiophene rings is 1. The van der Waals surface area contributed by atoms with Gasteiger partial charge in [0.05, 0.1) is 10.9 Å². The van der Waals surface area contributed by atoms with E-state index in [4.69, 9.17) is 0 Å². The molecule has 0 bridgehead atoms. The fourth-order valence-electron chi connectivity index (χ4n) is 3.21. The molecule has 0 unspecified atom stereocenters. The Kier molecular flexibility index (Phi) is 4.89. The van der Waals surface area contributed by atoms with E-state index >= 15 is 0 Å². The van der Waals surface area contributed by atoms with Gasteiger partial charge in [0.2, 0.25) is 10.0 Å². The molecular formula is C16H23N3O2S2. The molecule has 0 saturated heterocycles. The minimum absolute atomic E-state index is 0.328. The first kappa shape index (κ1) is 16.7. The van der Waals surface area contributed by atoms with Crippen molar-refractivity contribution in [3.63, 3.8) is 0 Å². The zero-order valence-electron chi connectivity index (χ0n) is 13.6. The Morgan fingerprint density at radius 3 is 2.57 bits per heavy atom. The molecule has 5 nitrogen and oxygen atoms in total. The first-order chi connectivity index (χ1) is 11.1. The summed E-state index contributed by atoms with van der Waals surface area (Å²) in [4.78, 5) is 1.25. The second-order valence-corrected chi connectivity index (χ2v) is 8.68. The van der Waals surface area contributed by atoms with Gasteiger partial charge in [-0.25, -0.2) is 8.42 Å². The molecule has 2 aromatic rings. The molecule has 1 saturated carbocycles. The molecule has 0 atom stereocenters. The van der Waals surface area contributed by atoms with Crippen molar-refractivity contribution >= 4 is 21.4 Å². The van der Waals surface area contributed by atoms with Gasteiger partial charge in [-0.2, -0.15) is 9.40 Å². The van der Waals surface area contributed by atoms with Crippen LogP contribution in [-0.2, 0) is 10.0 Å². The van der Waals surface area contributed by atoms with Gasteiger partial charge in [-0.1, -0.05) is 32.8 Å². The second-order valence-electron chi connectivity index (χ2n) is 5.83. The SMILES string of the molecule is CCN(CC)S(=O)(=O)c1cn(C2CCCC2)nc1-c1cccs1. The molecule has 0 aromatic carbocycles. The monoisotopic (exact) mass is 353 g/mol. The molecule has 1 fully saturated rings. The molecule has 0 N–H and O–H groups in total. The lowest BCUT2D eigenvalue weighted by Gasteiger charge is -2.17. The summed E-state index contributed by atoms with van der Waals surface area (Å²) < 4.78 is 29.4. The van der Waals surface area contributed by atoms with Crippen LogP contribution in [0.5, 0.6) is 0 Å². The van der Waals surface area contributed by atoms with E-state index in [0.29, 0.717) is 29.7 Å². The molecule has 0 spiro atoms. The third-order valence-electron chi connectivity index (χ3n) is 4.48. The van der Waals surface area contributed by atoms with Gasteiger partial charge in [-0.05, 0) is 24.3 Å². The Bertz CT molecular complexity index is 740. The third-order valence-corrected chi connectivity index (χ3v) is 7.40. The zero-order chi connectivity index (χ0) is 16.4. The Morgan fingerprint density at radius 2 is 2.00 bits per heavy atom. The summed E-state index contributed by atoms with van der Waals surface area (Å²) >= 11 is 1.53. The fraction of sp³-hybridized carbons (Fsp3) is 0.562. The molecule has 126 valence electrons. The van der Waals surface area contributed by atoms with Crippen LogP contribution >= 0.6 is 11.3 Å². The van der Waals surface area contributed by atoms with Crippen LogP contribution in [0.15, 0.2) is 28.6 Å². The predicted molar refractivity (Wildman–Crippen MR) is 93.2 cm³/mol. The summed E-state index contributed by atoms with van der Waals surface area (Å²) in [7, 11) is -3.51. The second kappa shape index (κ2) is 6.75. The molecule has 7 heteroatoms. The minimum Gasteiger partial charge on any atom is -0.268 e. The molecule has 0 aliphatic heterocycles. The van der Waals surface area contributed by atoms with E-state index in [0.717, 1.165) is 17.7 Å². The van der Waals surface area contributed by atoms with Gasteiger partial charge in [0, 0.05) is 19.3 Å². The Balaban J connectivity index is 2.10. The van der Waals surface area contributed by atoms with E-state index in [1.165, 1.54) is 28.5 Å². The number of rotatable bonds is 6. The van der Waals surface area contributed by atoms with Crippen LogP contribution in [0.4, 0.5) is 0 Å². The van der Waals surface area contributed by atoms with E-state index in [-0.39, 0.29) is 0 Å². The standard InChI is InChI=1S/C16H23N3O2S2/c1-3-18(4-2)23(20,21)15-12-19(13-8-5-6-9-13)17-16(15)14-10-7-11-22-14/h7,10-13H,3-6,8-9H2,1-2H3. The van der Waals surface area contributed by atoms with Crippen LogP contribution in [0.3, 0.4) is 0 Å². The van der Waals surface area contributed by atoms with E-state index in [9.17, 15) is 8.42 Å². The van der Waals surface area contributed by atoms with Crippen molar-refractivity contribution in [1.82, 2.24) is 14.1 Å². The Hall–Kier alpha value is -1.18. The van der Waals surface area contributed by atoms with E-state index in [1.54, 1.807) is 6.20 Å². The van der Waals surface area contributed by atoms with Crippen LogP contribution in [0.25, 0.3) is 10.6 Å². The van der Waals surface area contributed by atoms with Crippen molar-refractivity contribution in [3.8, 4) is 10.6 Å². The van der Waals surface area contributed by atoms with Crippen LogP contribution in [0, 0.1) is 0 Å². The number of hydrogen-bond acceptors (Lipinski definition) is 4. The van der Waals surface area contributed by atoms with E-state index in [2.05, 4.69) is 5.10 Å². The average Bonchev–Trinajstić information content (AvgIpc) is 3.27. The number of nitrogens with zero attached hydrogens (tertiary/aromatic N) is 3. The summed E-state index contributed by atoms with van der Waals surface area (Å²) in [6.45, 7) is 4.68. The number of hydrogen-bond donors (Lipinski definition) is 0. The normalized spacial score (nSPS) is 16.5. The lowest BCUT2D eigenvalue weighted by atomic mass is 10.3. The maximum atomic E-state index is 13.0. The molecule has 2 aromatic heterocycles. The largest absolute Gasteiger partial charge is 0.268 e. The molecule has 0 radical (unpaired) electrons. The van der Waals surface area contributed by atoms with Gasteiger partial charge in [-0.3, -0.25) is 4.68 Å². The predicted octanol–water partition coefficient (Wildman–Crippen LogP) is 3.76. The van der Waals surface area contributed by atoms with Crippen molar-refractivity contribution in [2.75, 3.05) is 13.1 Å².